The fourth-order valence-electron chi connectivity index (χ4n) is 2.34. The van der Waals surface area contributed by atoms with E-state index in [9.17, 15) is 14.0 Å². The predicted octanol–water partition coefficient (Wildman–Crippen LogP) is 1.80. The number of amides is 2. The van der Waals surface area contributed by atoms with Gasteiger partial charge in [0.2, 0.25) is 11.8 Å². The smallest absolute Gasteiger partial charge is 0.242 e. The highest BCUT2D eigenvalue weighted by atomic mass is 19.1. The number of carbonyl (C=O) groups is 2. The molecule has 4 nitrogen and oxygen atoms in total. The normalized spacial score (nSPS) is 14.4. The fraction of sp³-hybridized carbons (Fsp3) is 0.467. The van der Waals surface area contributed by atoms with Crippen molar-refractivity contribution >= 4 is 11.8 Å². The van der Waals surface area contributed by atoms with Gasteiger partial charge in [-0.05, 0) is 18.9 Å². The topological polar surface area (TPSA) is 40.6 Å². The Morgan fingerprint density at radius 1 is 1.25 bits per heavy atom. The zero-order valence-electron chi connectivity index (χ0n) is 11.6. The molecule has 0 radical (unpaired) electrons. The van der Waals surface area contributed by atoms with Gasteiger partial charge in [0.25, 0.3) is 0 Å². The SMILES string of the molecule is CC(=O)N(CC(=O)N1CCCC1)Cc1ccccc1F. The molecule has 1 aromatic carbocycles. The molecule has 1 saturated heterocycles. The molecule has 20 heavy (non-hydrogen) atoms. The van der Waals surface area contributed by atoms with E-state index >= 15 is 0 Å². The summed E-state index contributed by atoms with van der Waals surface area (Å²) in [4.78, 5) is 26.9. The molecular weight excluding hydrogens is 259 g/mol. The third kappa shape index (κ3) is 3.56. The van der Waals surface area contributed by atoms with Gasteiger partial charge in [0, 0.05) is 32.1 Å². The number of rotatable bonds is 4. The molecule has 1 heterocycles. The van der Waals surface area contributed by atoms with E-state index in [-0.39, 0.29) is 30.7 Å². The van der Waals surface area contributed by atoms with Crippen molar-refractivity contribution in [2.45, 2.75) is 26.3 Å². The van der Waals surface area contributed by atoms with E-state index in [0.717, 1.165) is 25.9 Å². The lowest BCUT2D eigenvalue weighted by molar-refractivity contribution is -0.139. The molecule has 2 amide bonds. The molecule has 0 unspecified atom stereocenters. The van der Waals surface area contributed by atoms with E-state index in [1.807, 2.05) is 0 Å². The van der Waals surface area contributed by atoms with Gasteiger partial charge >= 0.3 is 0 Å². The zero-order valence-corrected chi connectivity index (χ0v) is 11.6. The maximum absolute atomic E-state index is 13.6. The molecule has 1 fully saturated rings. The Morgan fingerprint density at radius 2 is 1.90 bits per heavy atom. The first kappa shape index (κ1) is 14.5. The van der Waals surface area contributed by atoms with Crippen LogP contribution in [-0.4, -0.2) is 41.2 Å². The number of benzene rings is 1. The molecule has 2 rings (SSSR count). The first-order valence-electron chi connectivity index (χ1n) is 6.84. The minimum atomic E-state index is -0.354. The summed E-state index contributed by atoms with van der Waals surface area (Å²) in [7, 11) is 0. The van der Waals surface area contributed by atoms with E-state index in [2.05, 4.69) is 0 Å². The molecule has 1 aliphatic rings. The van der Waals surface area contributed by atoms with E-state index < -0.39 is 0 Å². The summed E-state index contributed by atoms with van der Waals surface area (Å²) < 4.78 is 13.6. The number of hydrogen-bond donors (Lipinski definition) is 0. The van der Waals surface area contributed by atoms with Gasteiger partial charge in [0.15, 0.2) is 0 Å². The summed E-state index contributed by atoms with van der Waals surface area (Å²) in [6.45, 7) is 3.05. The van der Waals surface area contributed by atoms with E-state index in [4.69, 9.17) is 0 Å². The van der Waals surface area contributed by atoms with Crippen molar-refractivity contribution in [2.24, 2.45) is 0 Å². The molecule has 0 N–H and O–H groups in total. The number of carbonyl (C=O) groups excluding carboxylic acids is 2. The van der Waals surface area contributed by atoms with E-state index in [0.29, 0.717) is 5.56 Å². The minimum Gasteiger partial charge on any atom is -0.341 e. The van der Waals surface area contributed by atoms with Crippen LogP contribution in [-0.2, 0) is 16.1 Å². The molecule has 0 aromatic heterocycles. The van der Waals surface area contributed by atoms with Crippen LogP contribution in [0, 0.1) is 5.82 Å². The Labute approximate surface area is 118 Å². The van der Waals surface area contributed by atoms with E-state index in [1.54, 1.807) is 23.1 Å². The third-order valence-corrected chi connectivity index (χ3v) is 3.55. The highest BCUT2D eigenvalue weighted by Gasteiger charge is 2.22. The van der Waals surface area contributed by atoms with Crippen LogP contribution in [0.1, 0.15) is 25.3 Å². The number of nitrogens with zero attached hydrogens (tertiary/aromatic N) is 2. The molecule has 0 atom stereocenters. The summed E-state index contributed by atoms with van der Waals surface area (Å²) in [6, 6.07) is 6.31. The quantitative estimate of drug-likeness (QED) is 0.842. The van der Waals surface area contributed by atoms with Crippen molar-refractivity contribution in [1.82, 2.24) is 9.80 Å². The second-order valence-electron chi connectivity index (χ2n) is 5.05. The Bertz CT molecular complexity index is 498. The fourth-order valence-corrected chi connectivity index (χ4v) is 2.34. The zero-order chi connectivity index (χ0) is 14.5. The van der Waals surface area contributed by atoms with Gasteiger partial charge in [0.1, 0.15) is 12.4 Å². The Morgan fingerprint density at radius 3 is 2.50 bits per heavy atom. The van der Waals surface area contributed by atoms with Gasteiger partial charge in [0.05, 0.1) is 0 Å². The first-order valence-corrected chi connectivity index (χ1v) is 6.84. The van der Waals surface area contributed by atoms with Gasteiger partial charge in [-0.3, -0.25) is 9.59 Å². The van der Waals surface area contributed by atoms with Crippen molar-refractivity contribution in [3.05, 3.63) is 35.6 Å². The van der Waals surface area contributed by atoms with Crippen molar-refractivity contribution < 1.29 is 14.0 Å². The monoisotopic (exact) mass is 278 g/mol. The Kier molecular flexibility index (Phi) is 4.71. The van der Waals surface area contributed by atoms with Gasteiger partial charge < -0.3 is 9.80 Å². The lowest BCUT2D eigenvalue weighted by atomic mass is 10.2. The molecule has 108 valence electrons. The standard InChI is InChI=1S/C15H19FN2O2/c1-12(19)18(10-13-6-2-3-7-14(13)16)11-15(20)17-8-4-5-9-17/h2-3,6-7H,4-5,8-11H2,1H3. The number of likely N-dealkylation sites (tertiary alicyclic amines) is 1. The van der Waals surface area contributed by atoms with Crippen LogP contribution in [0.4, 0.5) is 4.39 Å². The lowest BCUT2D eigenvalue weighted by Crippen LogP contribution is -2.40. The predicted molar refractivity (Wildman–Crippen MR) is 73.3 cm³/mol. The maximum Gasteiger partial charge on any atom is 0.242 e. The van der Waals surface area contributed by atoms with Crippen molar-refractivity contribution in [3.63, 3.8) is 0 Å². The van der Waals surface area contributed by atoms with Crippen molar-refractivity contribution in [1.29, 1.82) is 0 Å². The average molecular weight is 278 g/mol. The molecule has 5 heteroatoms. The largest absolute Gasteiger partial charge is 0.341 e. The van der Waals surface area contributed by atoms with Crippen LogP contribution in [0.5, 0.6) is 0 Å². The summed E-state index contributed by atoms with van der Waals surface area (Å²) in [5.41, 5.74) is 0.428. The molecule has 0 aliphatic carbocycles. The minimum absolute atomic E-state index is 0.0175. The first-order chi connectivity index (χ1) is 9.58. The van der Waals surface area contributed by atoms with Crippen LogP contribution >= 0.6 is 0 Å². The van der Waals surface area contributed by atoms with Gasteiger partial charge in [-0.25, -0.2) is 4.39 Å². The van der Waals surface area contributed by atoms with Gasteiger partial charge in [-0.1, -0.05) is 18.2 Å². The molecule has 0 spiro atoms. The van der Waals surface area contributed by atoms with Crippen molar-refractivity contribution in [3.8, 4) is 0 Å². The third-order valence-electron chi connectivity index (χ3n) is 3.55. The Hall–Kier alpha value is -1.91. The highest BCUT2D eigenvalue weighted by molar-refractivity contribution is 5.84. The summed E-state index contributed by atoms with van der Waals surface area (Å²) >= 11 is 0. The van der Waals surface area contributed by atoms with E-state index in [1.165, 1.54) is 17.9 Å². The highest BCUT2D eigenvalue weighted by Crippen LogP contribution is 2.12. The van der Waals surface area contributed by atoms with Crippen molar-refractivity contribution in [2.75, 3.05) is 19.6 Å². The summed E-state index contributed by atoms with van der Waals surface area (Å²) in [5, 5.41) is 0. The van der Waals surface area contributed by atoms with Crippen LogP contribution in [0.3, 0.4) is 0 Å². The molecule has 0 bridgehead atoms. The van der Waals surface area contributed by atoms with Gasteiger partial charge in [-0.15, -0.1) is 0 Å². The molecule has 1 aromatic rings. The number of halogens is 1. The second kappa shape index (κ2) is 6.50. The van der Waals surface area contributed by atoms with Crippen LogP contribution in [0.2, 0.25) is 0 Å². The van der Waals surface area contributed by atoms with Crippen LogP contribution < -0.4 is 0 Å². The molecular formula is C15H19FN2O2. The molecule has 0 saturated carbocycles. The number of hydrogen-bond acceptors (Lipinski definition) is 2. The lowest BCUT2D eigenvalue weighted by Gasteiger charge is -2.24. The maximum atomic E-state index is 13.6. The molecule has 1 aliphatic heterocycles. The van der Waals surface area contributed by atoms with Crippen LogP contribution in [0.25, 0.3) is 0 Å². The summed E-state index contributed by atoms with van der Waals surface area (Å²) in [5.74, 6) is -0.637. The Balaban J connectivity index is 2.02. The van der Waals surface area contributed by atoms with Crippen LogP contribution in [0.15, 0.2) is 24.3 Å². The average Bonchev–Trinajstić information content (AvgIpc) is 2.94. The second-order valence-corrected chi connectivity index (χ2v) is 5.05. The summed E-state index contributed by atoms with van der Waals surface area (Å²) in [6.07, 6.45) is 2.03. The van der Waals surface area contributed by atoms with Gasteiger partial charge in [-0.2, -0.15) is 0 Å².